The molecule has 1 aromatic rings. The number of carbonyl (C=O) groups is 1. The molecular weight excluding hydrogens is 449 g/mol. The molecule has 3 heterocycles. The highest BCUT2D eigenvalue weighted by molar-refractivity contribution is 5.84. The van der Waals surface area contributed by atoms with Gasteiger partial charge in [0.25, 0.3) is 0 Å². The van der Waals surface area contributed by atoms with Crippen molar-refractivity contribution in [3.8, 4) is 0 Å². The Morgan fingerprint density at radius 1 is 1.38 bits per heavy atom. The number of nitrogens with two attached hydrogens (primary N) is 1. The standard InChI is InChI=1S/C24H35F3N4O3/c1-14(2)23(6-4-17(9-23)30-19-5-7-34-13-20(19)33-3)22(32)31-11-15-8-16(24(25,26)27)10-29-21(15)18(28)12-31/h8,10,14,17-20,30H,4-7,9,11-13,28H2,1-3H3/t17-,18+,19+,20-,23+/m1/s1. The van der Waals surface area contributed by atoms with Crippen molar-refractivity contribution in [2.75, 3.05) is 26.9 Å². The van der Waals surface area contributed by atoms with E-state index in [2.05, 4.69) is 10.3 Å². The fourth-order valence-corrected chi connectivity index (χ4v) is 5.82. The molecule has 10 heteroatoms. The van der Waals surface area contributed by atoms with E-state index in [4.69, 9.17) is 15.2 Å². The van der Waals surface area contributed by atoms with Crippen LogP contribution in [0.3, 0.4) is 0 Å². The summed E-state index contributed by atoms with van der Waals surface area (Å²) in [6, 6.07) is 0.804. The lowest BCUT2D eigenvalue weighted by atomic mass is 9.73. The molecule has 3 N–H and O–H groups in total. The van der Waals surface area contributed by atoms with Crippen LogP contribution in [0.2, 0.25) is 0 Å². The molecule has 1 aliphatic carbocycles. The van der Waals surface area contributed by atoms with Crippen LogP contribution in [0.25, 0.3) is 0 Å². The first-order valence-electron chi connectivity index (χ1n) is 12.0. The van der Waals surface area contributed by atoms with Gasteiger partial charge in [-0.2, -0.15) is 13.2 Å². The van der Waals surface area contributed by atoms with Gasteiger partial charge >= 0.3 is 6.18 Å². The van der Waals surface area contributed by atoms with Crippen molar-refractivity contribution in [1.29, 1.82) is 0 Å². The number of fused-ring (bicyclic) bond motifs is 1. The second-order valence-corrected chi connectivity index (χ2v) is 10.2. The molecule has 1 amide bonds. The van der Waals surface area contributed by atoms with Crippen molar-refractivity contribution in [2.45, 2.75) is 76.5 Å². The number of alkyl halides is 3. The number of aromatic nitrogens is 1. The van der Waals surface area contributed by atoms with Crippen molar-refractivity contribution in [1.82, 2.24) is 15.2 Å². The van der Waals surface area contributed by atoms with Crippen LogP contribution in [-0.2, 0) is 27.0 Å². The number of methoxy groups -OCH3 is 1. The highest BCUT2D eigenvalue weighted by atomic mass is 19.4. The molecule has 5 atom stereocenters. The summed E-state index contributed by atoms with van der Waals surface area (Å²) in [6.07, 6.45) is -0.587. The quantitative estimate of drug-likeness (QED) is 0.668. The molecule has 3 aliphatic rings. The minimum Gasteiger partial charge on any atom is -0.379 e. The van der Waals surface area contributed by atoms with Crippen LogP contribution in [0.15, 0.2) is 12.3 Å². The maximum Gasteiger partial charge on any atom is 0.417 e. The van der Waals surface area contributed by atoms with Gasteiger partial charge in [0.15, 0.2) is 0 Å². The van der Waals surface area contributed by atoms with E-state index in [-0.39, 0.29) is 43.1 Å². The smallest absolute Gasteiger partial charge is 0.379 e. The van der Waals surface area contributed by atoms with E-state index in [0.29, 0.717) is 30.9 Å². The minimum atomic E-state index is -4.49. The summed E-state index contributed by atoms with van der Waals surface area (Å²) in [5.41, 5.74) is 5.66. The topological polar surface area (TPSA) is 89.7 Å². The SMILES string of the molecule is CO[C@@H]1COCC[C@@H]1N[C@@H]1CC[C@@](C(=O)N2Cc3cc(C(F)(F)F)cnc3[C@@H](N)C2)(C(C)C)C1. The summed E-state index contributed by atoms with van der Waals surface area (Å²) >= 11 is 0. The third-order valence-corrected chi connectivity index (χ3v) is 7.88. The fourth-order valence-electron chi connectivity index (χ4n) is 5.82. The van der Waals surface area contributed by atoms with E-state index < -0.39 is 23.2 Å². The van der Waals surface area contributed by atoms with E-state index >= 15 is 0 Å². The van der Waals surface area contributed by atoms with Crippen LogP contribution in [-0.4, -0.2) is 60.8 Å². The zero-order chi connectivity index (χ0) is 24.7. The summed E-state index contributed by atoms with van der Waals surface area (Å²) < 4.78 is 50.8. The van der Waals surface area contributed by atoms with Gasteiger partial charge in [-0.05, 0) is 43.2 Å². The van der Waals surface area contributed by atoms with Gasteiger partial charge in [-0.15, -0.1) is 0 Å². The second-order valence-electron chi connectivity index (χ2n) is 10.2. The zero-order valence-electron chi connectivity index (χ0n) is 20.0. The molecule has 0 radical (unpaired) electrons. The predicted molar refractivity (Wildman–Crippen MR) is 120 cm³/mol. The highest BCUT2D eigenvalue weighted by Gasteiger charge is 2.50. The van der Waals surface area contributed by atoms with Gasteiger partial charge in [0.1, 0.15) is 0 Å². The summed E-state index contributed by atoms with van der Waals surface area (Å²) in [4.78, 5) is 19.5. The summed E-state index contributed by atoms with van der Waals surface area (Å²) in [5.74, 6) is 0.0533. The Kier molecular flexibility index (Phi) is 7.24. The maximum absolute atomic E-state index is 13.9. The second kappa shape index (κ2) is 9.72. The molecule has 4 rings (SSSR count). The van der Waals surface area contributed by atoms with Crippen LogP contribution in [0.4, 0.5) is 13.2 Å². The van der Waals surface area contributed by atoms with Crippen molar-refractivity contribution >= 4 is 5.91 Å². The molecule has 0 spiro atoms. The first-order valence-corrected chi connectivity index (χ1v) is 12.0. The first kappa shape index (κ1) is 25.3. The molecule has 0 unspecified atom stereocenters. The monoisotopic (exact) mass is 484 g/mol. The Morgan fingerprint density at radius 2 is 2.15 bits per heavy atom. The number of hydrogen-bond acceptors (Lipinski definition) is 6. The number of hydrogen-bond donors (Lipinski definition) is 2. The van der Waals surface area contributed by atoms with Crippen LogP contribution < -0.4 is 11.1 Å². The van der Waals surface area contributed by atoms with E-state index in [9.17, 15) is 18.0 Å². The van der Waals surface area contributed by atoms with Gasteiger partial charge in [-0.1, -0.05) is 13.8 Å². The lowest BCUT2D eigenvalue weighted by molar-refractivity contribution is -0.146. The molecule has 1 saturated carbocycles. The van der Waals surface area contributed by atoms with Gasteiger partial charge in [0.05, 0.1) is 35.4 Å². The molecular formula is C24H35F3N4O3. The number of pyridine rings is 1. The average Bonchev–Trinajstić information content (AvgIpc) is 3.23. The Balaban J connectivity index is 1.51. The molecule has 190 valence electrons. The van der Waals surface area contributed by atoms with Crippen molar-refractivity contribution in [2.24, 2.45) is 17.1 Å². The third-order valence-electron chi connectivity index (χ3n) is 7.88. The van der Waals surface area contributed by atoms with E-state index in [1.54, 1.807) is 12.0 Å². The Labute approximate surface area is 198 Å². The highest BCUT2D eigenvalue weighted by Crippen LogP contribution is 2.47. The lowest BCUT2D eigenvalue weighted by Gasteiger charge is -2.41. The largest absolute Gasteiger partial charge is 0.417 e. The molecule has 2 aliphatic heterocycles. The summed E-state index contributed by atoms with van der Waals surface area (Å²) in [7, 11) is 1.68. The van der Waals surface area contributed by atoms with Gasteiger partial charge < -0.3 is 25.4 Å². The number of nitrogens with one attached hydrogen (secondary N) is 1. The van der Waals surface area contributed by atoms with Gasteiger partial charge in [0, 0.05) is 45.1 Å². The molecule has 0 bridgehead atoms. The Morgan fingerprint density at radius 3 is 2.82 bits per heavy atom. The van der Waals surface area contributed by atoms with Crippen molar-refractivity contribution < 1.29 is 27.4 Å². The number of nitrogens with zero attached hydrogens (tertiary/aromatic N) is 2. The number of carbonyl (C=O) groups excluding carboxylic acids is 1. The summed E-state index contributed by atoms with van der Waals surface area (Å²) in [5, 5.41) is 3.70. The molecule has 34 heavy (non-hydrogen) atoms. The third kappa shape index (κ3) is 4.82. The summed E-state index contributed by atoms with van der Waals surface area (Å²) in [6.45, 7) is 5.67. The molecule has 7 nitrogen and oxygen atoms in total. The zero-order valence-corrected chi connectivity index (χ0v) is 20.0. The minimum absolute atomic E-state index is 0.0228. The normalized spacial score (nSPS) is 32.2. The van der Waals surface area contributed by atoms with Crippen molar-refractivity contribution in [3.63, 3.8) is 0 Å². The number of amides is 1. The molecule has 1 saturated heterocycles. The van der Waals surface area contributed by atoms with Crippen LogP contribution in [0.5, 0.6) is 0 Å². The predicted octanol–water partition coefficient (Wildman–Crippen LogP) is 3.03. The lowest BCUT2D eigenvalue weighted by Crippen LogP contribution is -2.52. The number of rotatable bonds is 5. The maximum atomic E-state index is 13.9. The van der Waals surface area contributed by atoms with Crippen LogP contribution >= 0.6 is 0 Å². The van der Waals surface area contributed by atoms with Gasteiger partial charge in [-0.3, -0.25) is 9.78 Å². The Hall–Kier alpha value is -1.75. The molecule has 0 aromatic carbocycles. The van der Waals surface area contributed by atoms with E-state index in [1.165, 1.54) is 0 Å². The molecule has 1 aromatic heterocycles. The van der Waals surface area contributed by atoms with Crippen LogP contribution in [0, 0.1) is 11.3 Å². The number of halogens is 3. The number of ether oxygens (including phenoxy) is 2. The molecule has 2 fully saturated rings. The first-order chi connectivity index (χ1) is 16.0. The van der Waals surface area contributed by atoms with E-state index in [0.717, 1.165) is 31.5 Å². The fraction of sp³-hybridized carbons (Fsp3) is 0.750. The van der Waals surface area contributed by atoms with Gasteiger partial charge in [-0.25, -0.2) is 0 Å². The average molecular weight is 485 g/mol. The van der Waals surface area contributed by atoms with Crippen molar-refractivity contribution in [3.05, 3.63) is 29.1 Å². The van der Waals surface area contributed by atoms with Gasteiger partial charge in [0.2, 0.25) is 5.91 Å². The van der Waals surface area contributed by atoms with Crippen LogP contribution in [0.1, 0.15) is 62.4 Å². The Bertz CT molecular complexity index is 897. The van der Waals surface area contributed by atoms with E-state index in [1.807, 2.05) is 13.8 Å².